The quantitative estimate of drug-likeness (QED) is 0.774. The zero-order valence-corrected chi connectivity index (χ0v) is 10.9. The second-order valence-electron chi connectivity index (χ2n) is 4.80. The Morgan fingerprint density at radius 3 is 2.89 bits per heavy atom. The molecule has 4 nitrogen and oxygen atoms in total. The summed E-state index contributed by atoms with van der Waals surface area (Å²) in [7, 11) is 1.45. The Labute approximate surface area is 112 Å². The maximum absolute atomic E-state index is 11.6. The molecule has 0 radical (unpaired) electrons. The van der Waals surface area contributed by atoms with Crippen molar-refractivity contribution in [2.45, 2.75) is 19.4 Å². The van der Waals surface area contributed by atoms with Crippen molar-refractivity contribution in [1.82, 2.24) is 9.55 Å². The Hall–Kier alpha value is -2.10. The van der Waals surface area contributed by atoms with Crippen molar-refractivity contribution in [3.8, 4) is 11.4 Å². The van der Waals surface area contributed by atoms with Crippen molar-refractivity contribution < 1.29 is 9.53 Å². The van der Waals surface area contributed by atoms with E-state index in [2.05, 4.69) is 21.7 Å². The summed E-state index contributed by atoms with van der Waals surface area (Å²) in [6, 6.07) is 10.1. The number of nitrogens with zero attached hydrogens (tertiary/aromatic N) is 2. The summed E-state index contributed by atoms with van der Waals surface area (Å²) in [5.74, 6) is 0.838. The number of carbonyl (C=O) groups excluding carboxylic acids is 1. The van der Waals surface area contributed by atoms with Gasteiger partial charge >= 0.3 is 5.97 Å². The SMILES string of the molecule is COC(=O)C1CCn2c(cnc2-c2ccccc2)C1. The van der Waals surface area contributed by atoms with Gasteiger partial charge in [0, 0.05) is 30.4 Å². The number of benzene rings is 1. The molecule has 0 N–H and O–H groups in total. The van der Waals surface area contributed by atoms with Crippen LogP contribution in [0.4, 0.5) is 0 Å². The van der Waals surface area contributed by atoms with Crippen molar-refractivity contribution in [3.63, 3.8) is 0 Å². The average Bonchev–Trinajstić information content (AvgIpc) is 2.90. The van der Waals surface area contributed by atoms with Crippen LogP contribution >= 0.6 is 0 Å². The highest BCUT2D eigenvalue weighted by molar-refractivity contribution is 5.73. The molecule has 0 saturated carbocycles. The smallest absolute Gasteiger partial charge is 0.309 e. The Bertz CT molecular complexity index is 589. The van der Waals surface area contributed by atoms with Crippen LogP contribution < -0.4 is 0 Å². The predicted molar refractivity (Wildman–Crippen MR) is 71.5 cm³/mol. The van der Waals surface area contributed by atoms with Crippen molar-refractivity contribution in [1.29, 1.82) is 0 Å². The summed E-state index contributed by atoms with van der Waals surface area (Å²) >= 11 is 0. The van der Waals surface area contributed by atoms with Crippen LogP contribution in [0.1, 0.15) is 12.1 Å². The number of rotatable bonds is 2. The van der Waals surface area contributed by atoms with Crippen LogP contribution in [0.15, 0.2) is 36.5 Å². The Kier molecular flexibility index (Phi) is 3.07. The van der Waals surface area contributed by atoms with E-state index in [0.717, 1.165) is 30.0 Å². The number of hydrogen-bond acceptors (Lipinski definition) is 3. The number of imidazole rings is 1. The van der Waals surface area contributed by atoms with Crippen molar-refractivity contribution >= 4 is 5.97 Å². The first-order valence-electron chi connectivity index (χ1n) is 6.47. The summed E-state index contributed by atoms with van der Waals surface area (Å²) < 4.78 is 7.03. The normalized spacial score (nSPS) is 17.8. The Balaban J connectivity index is 1.90. The molecule has 19 heavy (non-hydrogen) atoms. The molecule has 1 unspecified atom stereocenters. The number of esters is 1. The van der Waals surface area contributed by atoms with Gasteiger partial charge in [0.1, 0.15) is 5.82 Å². The number of aromatic nitrogens is 2. The molecule has 2 aromatic rings. The minimum absolute atomic E-state index is 0.0298. The zero-order valence-electron chi connectivity index (χ0n) is 10.9. The summed E-state index contributed by atoms with van der Waals surface area (Å²) in [5, 5.41) is 0. The molecule has 1 atom stereocenters. The highest BCUT2D eigenvalue weighted by atomic mass is 16.5. The molecule has 0 aliphatic carbocycles. The topological polar surface area (TPSA) is 44.1 Å². The molecule has 1 aliphatic rings. The summed E-state index contributed by atoms with van der Waals surface area (Å²) in [6.07, 6.45) is 3.40. The lowest BCUT2D eigenvalue weighted by Crippen LogP contribution is -2.26. The van der Waals surface area contributed by atoms with Gasteiger partial charge in [0.15, 0.2) is 0 Å². The molecular formula is C15H16N2O2. The van der Waals surface area contributed by atoms with Gasteiger partial charge in [-0.1, -0.05) is 30.3 Å². The van der Waals surface area contributed by atoms with Crippen LogP contribution in [0.5, 0.6) is 0 Å². The van der Waals surface area contributed by atoms with Crippen LogP contribution in [-0.2, 0) is 22.5 Å². The minimum Gasteiger partial charge on any atom is -0.469 e. The third kappa shape index (κ3) is 2.14. The summed E-state index contributed by atoms with van der Waals surface area (Å²) in [4.78, 5) is 16.1. The summed E-state index contributed by atoms with van der Waals surface area (Å²) in [6.45, 7) is 0.819. The lowest BCUT2D eigenvalue weighted by Gasteiger charge is -2.23. The maximum atomic E-state index is 11.6. The Morgan fingerprint density at radius 2 is 2.16 bits per heavy atom. The molecule has 0 saturated heterocycles. The van der Waals surface area contributed by atoms with Crippen molar-refractivity contribution in [2.24, 2.45) is 5.92 Å². The van der Waals surface area contributed by atoms with Gasteiger partial charge in [-0.25, -0.2) is 4.98 Å². The van der Waals surface area contributed by atoms with E-state index >= 15 is 0 Å². The molecule has 98 valence electrons. The van der Waals surface area contributed by atoms with Crippen molar-refractivity contribution in [3.05, 3.63) is 42.2 Å². The van der Waals surface area contributed by atoms with Gasteiger partial charge in [0.2, 0.25) is 0 Å². The Morgan fingerprint density at radius 1 is 1.37 bits per heavy atom. The number of ether oxygens (including phenoxy) is 1. The van der Waals surface area contributed by atoms with Gasteiger partial charge in [0.25, 0.3) is 0 Å². The molecule has 1 aromatic heterocycles. The van der Waals surface area contributed by atoms with Crippen LogP contribution in [0, 0.1) is 5.92 Å². The maximum Gasteiger partial charge on any atom is 0.309 e. The highest BCUT2D eigenvalue weighted by Crippen LogP contribution is 2.27. The van der Waals surface area contributed by atoms with Gasteiger partial charge in [-0.3, -0.25) is 4.79 Å². The standard InChI is InChI=1S/C15H16N2O2/c1-19-15(18)12-7-8-17-13(9-12)10-16-14(17)11-5-3-2-4-6-11/h2-6,10,12H,7-9H2,1H3. The molecule has 2 heterocycles. The number of hydrogen-bond donors (Lipinski definition) is 0. The predicted octanol–water partition coefficient (Wildman–Crippen LogP) is 2.29. The van der Waals surface area contributed by atoms with E-state index in [1.54, 1.807) is 0 Å². The minimum atomic E-state index is -0.117. The monoisotopic (exact) mass is 256 g/mol. The fourth-order valence-corrected chi connectivity index (χ4v) is 2.65. The second kappa shape index (κ2) is 4.88. The first kappa shape index (κ1) is 12.0. The third-order valence-electron chi connectivity index (χ3n) is 3.66. The van der Waals surface area contributed by atoms with Crippen LogP contribution in [-0.4, -0.2) is 22.6 Å². The molecule has 0 spiro atoms. The fourth-order valence-electron chi connectivity index (χ4n) is 2.65. The van der Waals surface area contributed by atoms with E-state index in [4.69, 9.17) is 4.74 Å². The van der Waals surface area contributed by atoms with Gasteiger partial charge < -0.3 is 9.30 Å². The van der Waals surface area contributed by atoms with Crippen LogP contribution in [0.2, 0.25) is 0 Å². The molecular weight excluding hydrogens is 240 g/mol. The fraction of sp³-hybridized carbons (Fsp3) is 0.333. The van der Waals surface area contributed by atoms with Crippen molar-refractivity contribution in [2.75, 3.05) is 7.11 Å². The third-order valence-corrected chi connectivity index (χ3v) is 3.66. The van der Waals surface area contributed by atoms with Gasteiger partial charge in [-0.05, 0) is 6.42 Å². The van der Waals surface area contributed by atoms with E-state index in [0.29, 0.717) is 6.42 Å². The van der Waals surface area contributed by atoms with Gasteiger partial charge in [-0.15, -0.1) is 0 Å². The lowest BCUT2D eigenvalue weighted by atomic mass is 9.96. The first-order chi connectivity index (χ1) is 9.29. The first-order valence-corrected chi connectivity index (χ1v) is 6.47. The average molecular weight is 256 g/mol. The lowest BCUT2D eigenvalue weighted by molar-refractivity contribution is -0.146. The molecule has 1 aromatic carbocycles. The van der Waals surface area contributed by atoms with Crippen LogP contribution in [0.3, 0.4) is 0 Å². The largest absolute Gasteiger partial charge is 0.469 e. The van der Waals surface area contributed by atoms with Crippen LogP contribution in [0.25, 0.3) is 11.4 Å². The second-order valence-corrected chi connectivity index (χ2v) is 4.80. The highest BCUT2D eigenvalue weighted by Gasteiger charge is 2.27. The number of carbonyl (C=O) groups is 1. The molecule has 0 amide bonds. The number of methoxy groups -OCH3 is 1. The molecule has 0 bridgehead atoms. The van der Waals surface area contributed by atoms with Gasteiger partial charge in [0.05, 0.1) is 13.0 Å². The van der Waals surface area contributed by atoms with E-state index in [1.165, 1.54) is 7.11 Å². The number of fused-ring (bicyclic) bond motifs is 1. The van der Waals surface area contributed by atoms with Gasteiger partial charge in [-0.2, -0.15) is 0 Å². The molecule has 3 rings (SSSR count). The molecule has 0 fully saturated rings. The summed E-state index contributed by atoms with van der Waals surface area (Å²) in [5.41, 5.74) is 2.23. The molecule has 4 heteroatoms. The van der Waals surface area contributed by atoms with E-state index in [9.17, 15) is 4.79 Å². The van der Waals surface area contributed by atoms with E-state index in [1.807, 2.05) is 24.4 Å². The van der Waals surface area contributed by atoms with E-state index in [-0.39, 0.29) is 11.9 Å². The molecule has 1 aliphatic heterocycles. The van der Waals surface area contributed by atoms with E-state index < -0.39 is 0 Å². The zero-order chi connectivity index (χ0) is 13.2.